The van der Waals surface area contributed by atoms with Crippen molar-refractivity contribution in [2.75, 3.05) is 13.1 Å². The van der Waals surface area contributed by atoms with Crippen LogP contribution < -0.4 is 0 Å². The summed E-state index contributed by atoms with van der Waals surface area (Å²) in [5.74, 6) is -0.420. The van der Waals surface area contributed by atoms with Crippen LogP contribution in [-0.4, -0.2) is 39.6 Å². The van der Waals surface area contributed by atoms with E-state index in [9.17, 15) is 13.6 Å². The zero-order chi connectivity index (χ0) is 18.4. The first-order valence-corrected chi connectivity index (χ1v) is 8.63. The number of hydrogen-bond acceptors (Lipinski definition) is 2. The van der Waals surface area contributed by atoms with Crippen molar-refractivity contribution in [1.29, 1.82) is 0 Å². The molecule has 0 saturated carbocycles. The zero-order valence-electron chi connectivity index (χ0n) is 14.0. The molecule has 134 valence electrons. The summed E-state index contributed by atoms with van der Waals surface area (Å²) < 4.78 is 28.2. The lowest BCUT2D eigenvalue weighted by molar-refractivity contribution is -0.138. The van der Waals surface area contributed by atoms with E-state index < -0.39 is 6.17 Å². The number of aromatic nitrogens is 2. The minimum atomic E-state index is -0.932. The molecule has 4 rings (SSSR count). The van der Waals surface area contributed by atoms with Gasteiger partial charge in [0.05, 0.1) is 23.6 Å². The Bertz CT molecular complexity index is 1010. The van der Waals surface area contributed by atoms with Crippen molar-refractivity contribution in [2.45, 2.75) is 19.6 Å². The van der Waals surface area contributed by atoms with Gasteiger partial charge in [-0.15, -0.1) is 0 Å². The van der Waals surface area contributed by atoms with E-state index in [4.69, 9.17) is 11.6 Å². The Labute approximate surface area is 154 Å². The summed E-state index contributed by atoms with van der Waals surface area (Å²) in [6, 6.07) is 6.73. The molecule has 1 fully saturated rings. The number of alkyl halides is 1. The van der Waals surface area contributed by atoms with E-state index in [1.165, 1.54) is 11.0 Å². The number of halogens is 3. The topological polar surface area (TPSA) is 38.1 Å². The molecular formula is C19H16ClF2N3O. The molecule has 0 atom stereocenters. The second kappa shape index (κ2) is 6.36. The van der Waals surface area contributed by atoms with Crippen LogP contribution in [-0.2, 0) is 11.3 Å². The monoisotopic (exact) mass is 375 g/mol. The molecule has 0 N–H and O–H groups in total. The Hall–Kier alpha value is -2.47. The highest BCUT2D eigenvalue weighted by molar-refractivity contribution is 6.35. The summed E-state index contributed by atoms with van der Waals surface area (Å²) in [6.45, 7) is 2.06. The van der Waals surface area contributed by atoms with Gasteiger partial charge in [-0.25, -0.2) is 8.78 Å². The molecule has 1 aliphatic heterocycles. The largest absolute Gasteiger partial charge is 0.335 e. The van der Waals surface area contributed by atoms with E-state index in [1.54, 1.807) is 36.0 Å². The number of aryl methyl sites for hydroxylation is 1. The Morgan fingerprint density at radius 2 is 2.08 bits per heavy atom. The Morgan fingerprint density at radius 3 is 2.77 bits per heavy atom. The number of hydrogen-bond donors (Lipinski definition) is 0. The molecule has 1 aromatic carbocycles. The average Bonchev–Trinajstić information content (AvgIpc) is 2.89. The number of carbonyl (C=O) groups is 1. The highest BCUT2D eigenvalue weighted by atomic mass is 35.5. The maximum absolute atomic E-state index is 13.5. The molecule has 0 bridgehead atoms. The third-order valence-corrected chi connectivity index (χ3v) is 4.94. The first-order chi connectivity index (χ1) is 12.4. The molecule has 26 heavy (non-hydrogen) atoms. The van der Waals surface area contributed by atoms with Gasteiger partial charge in [0.2, 0.25) is 5.91 Å². The minimum Gasteiger partial charge on any atom is -0.335 e. The summed E-state index contributed by atoms with van der Waals surface area (Å²) in [4.78, 5) is 18.1. The molecule has 3 heterocycles. The first-order valence-electron chi connectivity index (χ1n) is 8.25. The second-order valence-corrected chi connectivity index (χ2v) is 6.96. The van der Waals surface area contributed by atoms with Crippen molar-refractivity contribution in [3.05, 3.63) is 53.1 Å². The number of amides is 1. The SMILES string of the molecule is Cc1cc(-c2cnc3c(Cl)cn(CC(=O)N4CC(F)C4)c3c2)ccc1F. The van der Waals surface area contributed by atoms with E-state index in [0.717, 1.165) is 11.1 Å². The predicted octanol–water partition coefficient (Wildman–Crippen LogP) is 3.98. The summed E-state index contributed by atoms with van der Waals surface area (Å²) >= 11 is 6.24. The van der Waals surface area contributed by atoms with Crippen LogP contribution in [0.5, 0.6) is 0 Å². The van der Waals surface area contributed by atoms with Crippen LogP contribution in [0.3, 0.4) is 0 Å². The third kappa shape index (κ3) is 2.94. The van der Waals surface area contributed by atoms with Gasteiger partial charge >= 0.3 is 0 Å². The van der Waals surface area contributed by atoms with Gasteiger partial charge in [-0.3, -0.25) is 9.78 Å². The standard InChI is InChI=1S/C19H16ClF2N3O/c1-11-4-12(2-3-16(11)22)13-5-17-19(23-6-13)15(20)9-24(17)10-18(26)25-7-14(21)8-25/h2-6,9,14H,7-8,10H2,1H3. The van der Waals surface area contributed by atoms with E-state index >= 15 is 0 Å². The number of nitrogens with zero attached hydrogens (tertiary/aromatic N) is 3. The van der Waals surface area contributed by atoms with E-state index in [1.807, 2.05) is 6.07 Å². The molecule has 4 nitrogen and oxygen atoms in total. The van der Waals surface area contributed by atoms with Crippen molar-refractivity contribution in [1.82, 2.24) is 14.5 Å². The van der Waals surface area contributed by atoms with Crippen LogP contribution in [0.25, 0.3) is 22.2 Å². The van der Waals surface area contributed by atoms with E-state index in [2.05, 4.69) is 4.98 Å². The van der Waals surface area contributed by atoms with Crippen LogP contribution >= 0.6 is 11.6 Å². The Kier molecular flexibility index (Phi) is 4.15. The van der Waals surface area contributed by atoms with Crippen LogP contribution in [0.4, 0.5) is 8.78 Å². The number of benzene rings is 1. The summed E-state index contributed by atoms with van der Waals surface area (Å²) in [6.07, 6.45) is 2.40. The molecule has 1 amide bonds. The molecule has 0 aliphatic carbocycles. The van der Waals surface area contributed by atoms with Crippen molar-refractivity contribution in [2.24, 2.45) is 0 Å². The van der Waals surface area contributed by atoms with Crippen LogP contribution in [0, 0.1) is 12.7 Å². The van der Waals surface area contributed by atoms with Gasteiger partial charge in [-0.2, -0.15) is 0 Å². The zero-order valence-corrected chi connectivity index (χ0v) is 14.8. The van der Waals surface area contributed by atoms with E-state index in [0.29, 0.717) is 21.6 Å². The van der Waals surface area contributed by atoms with Gasteiger partial charge in [0.1, 0.15) is 24.1 Å². The highest BCUT2D eigenvalue weighted by Crippen LogP contribution is 2.29. The van der Waals surface area contributed by atoms with Gasteiger partial charge in [-0.05, 0) is 36.2 Å². The van der Waals surface area contributed by atoms with Crippen molar-refractivity contribution < 1.29 is 13.6 Å². The number of fused-ring (bicyclic) bond motifs is 1. The normalized spacial score (nSPS) is 14.7. The smallest absolute Gasteiger partial charge is 0.242 e. The summed E-state index contributed by atoms with van der Waals surface area (Å²) in [7, 11) is 0. The fourth-order valence-electron chi connectivity index (χ4n) is 3.11. The summed E-state index contributed by atoms with van der Waals surface area (Å²) in [5, 5.41) is 0.446. The lowest BCUT2D eigenvalue weighted by Crippen LogP contribution is -2.52. The quantitative estimate of drug-likeness (QED) is 0.694. The highest BCUT2D eigenvalue weighted by Gasteiger charge is 2.30. The average molecular weight is 376 g/mol. The van der Waals surface area contributed by atoms with E-state index in [-0.39, 0.29) is 31.4 Å². The van der Waals surface area contributed by atoms with Crippen LogP contribution in [0.1, 0.15) is 5.56 Å². The molecule has 1 aliphatic rings. The fraction of sp³-hybridized carbons (Fsp3) is 0.263. The number of rotatable bonds is 3. The van der Waals surface area contributed by atoms with Gasteiger partial charge in [-0.1, -0.05) is 17.7 Å². The van der Waals surface area contributed by atoms with Crippen molar-refractivity contribution >= 4 is 28.5 Å². The van der Waals surface area contributed by atoms with Crippen molar-refractivity contribution in [3.8, 4) is 11.1 Å². The van der Waals surface area contributed by atoms with Crippen LogP contribution in [0.15, 0.2) is 36.7 Å². The molecule has 2 aromatic heterocycles. The lowest BCUT2D eigenvalue weighted by atomic mass is 10.0. The van der Waals surface area contributed by atoms with Gasteiger partial charge < -0.3 is 9.47 Å². The summed E-state index contributed by atoms with van der Waals surface area (Å²) in [5.41, 5.74) is 3.48. The lowest BCUT2D eigenvalue weighted by Gasteiger charge is -2.34. The number of pyridine rings is 1. The second-order valence-electron chi connectivity index (χ2n) is 6.56. The molecule has 0 radical (unpaired) electrons. The molecule has 1 saturated heterocycles. The maximum Gasteiger partial charge on any atom is 0.242 e. The third-order valence-electron chi connectivity index (χ3n) is 4.66. The van der Waals surface area contributed by atoms with Crippen LogP contribution in [0.2, 0.25) is 5.02 Å². The van der Waals surface area contributed by atoms with Crippen molar-refractivity contribution in [3.63, 3.8) is 0 Å². The molecule has 7 heteroatoms. The maximum atomic E-state index is 13.5. The molecular weight excluding hydrogens is 360 g/mol. The van der Waals surface area contributed by atoms with Gasteiger partial charge in [0.15, 0.2) is 0 Å². The Morgan fingerprint density at radius 1 is 1.31 bits per heavy atom. The minimum absolute atomic E-state index is 0.0729. The molecule has 3 aromatic rings. The van der Waals surface area contributed by atoms with Gasteiger partial charge in [0, 0.05) is 18.0 Å². The molecule has 0 spiro atoms. The fourth-order valence-corrected chi connectivity index (χ4v) is 3.37. The Balaban J connectivity index is 1.70. The number of carbonyl (C=O) groups excluding carboxylic acids is 1. The van der Waals surface area contributed by atoms with Gasteiger partial charge in [0.25, 0.3) is 0 Å². The molecule has 0 unspecified atom stereocenters. The number of likely N-dealkylation sites (tertiary alicyclic amines) is 1. The predicted molar refractivity (Wildman–Crippen MR) is 96.4 cm³/mol. The first kappa shape index (κ1) is 17.0.